The maximum absolute atomic E-state index is 12.6. The molecule has 122 valence electrons. The van der Waals surface area contributed by atoms with E-state index in [0.717, 1.165) is 11.8 Å². The molecule has 1 fully saturated rings. The Labute approximate surface area is 130 Å². The summed E-state index contributed by atoms with van der Waals surface area (Å²) in [7, 11) is -6.88. The Morgan fingerprint density at radius 1 is 1.05 bits per heavy atom. The molecule has 1 aromatic carbocycles. The van der Waals surface area contributed by atoms with Crippen LogP contribution in [-0.4, -0.2) is 60.2 Å². The highest BCUT2D eigenvalue weighted by molar-refractivity contribution is 7.92. The third-order valence-electron chi connectivity index (χ3n) is 3.91. The van der Waals surface area contributed by atoms with Crippen molar-refractivity contribution in [2.75, 3.05) is 43.4 Å². The molecule has 0 spiro atoms. The zero-order valence-corrected chi connectivity index (χ0v) is 13.9. The first-order valence-electron chi connectivity index (χ1n) is 6.99. The Morgan fingerprint density at radius 2 is 1.73 bits per heavy atom. The van der Waals surface area contributed by atoms with Gasteiger partial charge in [-0.25, -0.2) is 16.8 Å². The molecule has 0 atom stereocenters. The number of morpholine rings is 1. The predicted octanol–water partition coefficient (Wildman–Crippen LogP) is 0.0296. The van der Waals surface area contributed by atoms with Crippen LogP contribution in [0.15, 0.2) is 23.1 Å². The van der Waals surface area contributed by atoms with Gasteiger partial charge in [-0.05, 0) is 30.2 Å². The molecular weight excluding hydrogens is 328 g/mol. The Bertz CT molecular complexity index is 783. The van der Waals surface area contributed by atoms with Crippen molar-refractivity contribution in [1.29, 1.82) is 0 Å². The summed E-state index contributed by atoms with van der Waals surface area (Å²) in [6.07, 6.45) is 1.68. The molecule has 1 saturated heterocycles. The minimum Gasteiger partial charge on any atom is -0.379 e. The number of anilines is 1. The maximum Gasteiger partial charge on any atom is 0.243 e. The van der Waals surface area contributed by atoms with Crippen LogP contribution < -0.4 is 4.31 Å². The number of rotatable bonds is 3. The Balaban J connectivity index is 1.95. The second kappa shape index (κ2) is 5.48. The fourth-order valence-corrected chi connectivity index (χ4v) is 5.21. The lowest BCUT2D eigenvalue weighted by molar-refractivity contribution is 0.0730. The van der Waals surface area contributed by atoms with Gasteiger partial charge in [-0.3, -0.25) is 4.31 Å². The van der Waals surface area contributed by atoms with Gasteiger partial charge in [0.25, 0.3) is 0 Å². The summed E-state index contributed by atoms with van der Waals surface area (Å²) in [4.78, 5) is 0.212. The van der Waals surface area contributed by atoms with Crippen LogP contribution in [-0.2, 0) is 31.2 Å². The molecule has 0 unspecified atom stereocenters. The highest BCUT2D eigenvalue weighted by Gasteiger charge is 2.30. The van der Waals surface area contributed by atoms with E-state index in [9.17, 15) is 16.8 Å². The molecule has 22 heavy (non-hydrogen) atoms. The smallest absolute Gasteiger partial charge is 0.243 e. The molecule has 9 heteroatoms. The maximum atomic E-state index is 12.6. The minimum absolute atomic E-state index is 0.212. The Morgan fingerprint density at radius 3 is 2.36 bits per heavy atom. The Kier molecular flexibility index (Phi) is 3.92. The molecule has 2 aliphatic rings. The third kappa shape index (κ3) is 2.73. The summed E-state index contributed by atoms with van der Waals surface area (Å²) in [5.41, 5.74) is 1.32. The van der Waals surface area contributed by atoms with E-state index in [1.165, 1.54) is 14.7 Å². The predicted molar refractivity (Wildman–Crippen MR) is 81.9 cm³/mol. The molecular formula is C13H18N2O5S2. The largest absolute Gasteiger partial charge is 0.379 e. The van der Waals surface area contributed by atoms with Crippen molar-refractivity contribution in [3.8, 4) is 0 Å². The van der Waals surface area contributed by atoms with Crippen molar-refractivity contribution in [3.05, 3.63) is 23.8 Å². The standard InChI is InChI=1S/C13H18N2O5S2/c1-21(16,17)15-5-4-11-10-12(2-3-13(11)15)22(18,19)14-6-8-20-9-7-14/h2-3,10H,4-9H2,1H3. The van der Waals surface area contributed by atoms with Crippen molar-refractivity contribution < 1.29 is 21.6 Å². The average molecular weight is 346 g/mol. The zero-order chi connectivity index (χ0) is 16.0. The Hall–Kier alpha value is -1.16. The number of hydrogen-bond donors (Lipinski definition) is 0. The molecule has 0 radical (unpaired) electrons. The quantitative estimate of drug-likeness (QED) is 0.771. The molecule has 0 aromatic heterocycles. The van der Waals surface area contributed by atoms with Crippen molar-refractivity contribution in [2.24, 2.45) is 0 Å². The van der Waals surface area contributed by atoms with Crippen LogP contribution in [0.5, 0.6) is 0 Å². The van der Waals surface area contributed by atoms with Gasteiger partial charge in [-0.1, -0.05) is 0 Å². The minimum atomic E-state index is -3.55. The van der Waals surface area contributed by atoms with E-state index in [2.05, 4.69) is 0 Å². The highest BCUT2D eigenvalue weighted by Crippen LogP contribution is 2.32. The van der Waals surface area contributed by atoms with E-state index in [1.54, 1.807) is 12.1 Å². The lowest BCUT2D eigenvalue weighted by Crippen LogP contribution is -2.40. The van der Waals surface area contributed by atoms with E-state index in [4.69, 9.17) is 4.74 Å². The number of nitrogens with zero attached hydrogens (tertiary/aromatic N) is 2. The molecule has 0 N–H and O–H groups in total. The van der Waals surface area contributed by atoms with E-state index < -0.39 is 20.0 Å². The topological polar surface area (TPSA) is 84.0 Å². The van der Waals surface area contributed by atoms with Gasteiger partial charge >= 0.3 is 0 Å². The van der Waals surface area contributed by atoms with Crippen LogP contribution in [0.3, 0.4) is 0 Å². The molecule has 0 aliphatic carbocycles. The summed E-state index contributed by atoms with van der Waals surface area (Å²) in [5, 5.41) is 0. The molecule has 0 amide bonds. The van der Waals surface area contributed by atoms with Crippen LogP contribution in [0, 0.1) is 0 Å². The van der Waals surface area contributed by atoms with E-state index in [1.807, 2.05) is 0 Å². The summed E-state index contributed by atoms with van der Waals surface area (Å²) in [6.45, 7) is 1.83. The lowest BCUT2D eigenvalue weighted by Gasteiger charge is -2.26. The zero-order valence-electron chi connectivity index (χ0n) is 12.2. The lowest BCUT2D eigenvalue weighted by atomic mass is 10.2. The molecule has 0 bridgehead atoms. The van der Waals surface area contributed by atoms with E-state index in [-0.39, 0.29) is 4.90 Å². The summed E-state index contributed by atoms with van der Waals surface area (Å²) >= 11 is 0. The van der Waals surface area contributed by atoms with Gasteiger partial charge in [-0.2, -0.15) is 4.31 Å². The first-order chi connectivity index (χ1) is 10.3. The number of fused-ring (bicyclic) bond motifs is 1. The molecule has 3 rings (SSSR count). The second-order valence-corrected chi connectivity index (χ2v) is 9.24. The first-order valence-corrected chi connectivity index (χ1v) is 10.3. The van der Waals surface area contributed by atoms with E-state index >= 15 is 0 Å². The van der Waals surface area contributed by atoms with Gasteiger partial charge in [0, 0.05) is 19.6 Å². The van der Waals surface area contributed by atoms with Crippen LogP contribution in [0.4, 0.5) is 5.69 Å². The second-order valence-electron chi connectivity index (χ2n) is 5.39. The monoisotopic (exact) mass is 346 g/mol. The average Bonchev–Trinajstić information content (AvgIpc) is 2.91. The van der Waals surface area contributed by atoms with Crippen LogP contribution in [0.25, 0.3) is 0 Å². The van der Waals surface area contributed by atoms with Gasteiger partial charge in [0.1, 0.15) is 0 Å². The fourth-order valence-electron chi connectivity index (χ4n) is 2.79. The number of ether oxygens (including phenoxy) is 1. The van der Waals surface area contributed by atoms with E-state index in [0.29, 0.717) is 45.0 Å². The SMILES string of the molecule is CS(=O)(=O)N1CCc2cc(S(=O)(=O)N3CCOCC3)ccc21. The normalized spacial score (nSPS) is 20.1. The third-order valence-corrected chi connectivity index (χ3v) is 6.99. The van der Waals surface area contributed by atoms with Gasteiger partial charge in [0.15, 0.2) is 0 Å². The number of benzene rings is 1. The van der Waals surface area contributed by atoms with Gasteiger partial charge in [0.2, 0.25) is 20.0 Å². The molecule has 0 saturated carbocycles. The molecule has 1 aromatic rings. The number of sulfonamides is 2. The van der Waals surface area contributed by atoms with Crippen molar-refractivity contribution in [1.82, 2.24) is 4.31 Å². The summed E-state index contributed by atoms with van der Waals surface area (Å²) in [6, 6.07) is 4.65. The van der Waals surface area contributed by atoms with Gasteiger partial charge in [-0.15, -0.1) is 0 Å². The van der Waals surface area contributed by atoms with Gasteiger partial charge < -0.3 is 4.74 Å². The summed E-state index contributed by atoms with van der Waals surface area (Å²) in [5.74, 6) is 0. The van der Waals surface area contributed by atoms with Crippen LogP contribution in [0.2, 0.25) is 0 Å². The van der Waals surface area contributed by atoms with Crippen LogP contribution >= 0.6 is 0 Å². The van der Waals surface area contributed by atoms with Crippen molar-refractivity contribution in [2.45, 2.75) is 11.3 Å². The first kappa shape index (κ1) is 15.7. The van der Waals surface area contributed by atoms with Crippen molar-refractivity contribution >= 4 is 25.7 Å². The summed E-state index contributed by atoms with van der Waals surface area (Å²) < 4.78 is 56.5. The number of hydrogen-bond acceptors (Lipinski definition) is 5. The molecule has 2 heterocycles. The highest BCUT2D eigenvalue weighted by atomic mass is 32.2. The molecule has 2 aliphatic heterocycles. The fraction of sp³-hybridized carbons (Fsp3) is 0.538. The van der Waals surface area contributed by atoms with Crippen molar-refractivity contribution in [3.63, 3.8) is 0 Å². The molecule has 7 nitrogen and oxygen atoms in total. The van der Waals surface area contributed by atoms with Crippen LogP contribution in [0.1, 0.15) is 5.56 Å². The van der Waals surface area contributed by atoms with Gasteiger partial charge in [0.05, 0.1) is 30.1 Å².